The van der Waals surface area contributed by atoms with Crippen LogP contribution in [-0.4, -0.2) is 18.5 Å². The summed E-state index contributed by atoms with van der Waals surface area (Å²) < 4.78 is 10.8. The number of anilines is 1. The molecule has 0 spiro atoms. The fourth-order valence-corrected chi connectivity index (χ4v) is 3.45. The molecule has 1 aromatic carbocycles. The molecular weight excluding hydrogens is 432 g/mol. The van der Waals surface area contributed by atoms with Crippen molar-refractivity contribution in [3.63, 3.8) is 0 Å². The highest BCUT2D eigenvalue weighted by atomic mass is 79.9. The molecule has 0 aliphatic rings. The van der Waals surface area contributed by atoms with E-state index in [1.807, 2.05) is 6.07 Å². The van der Waals surface area contributed by atoms with Crippen molar-refractivity contribution in [2.24, 2.45) is 0 Å². The number of ether oxygens (including phenoxy) is 2. The smallest absolute Gasteiger partial charge is 0.348 e. The molecule has 130 valence electrons. The zero-order valence-corrected chi connectivity index (χ0v) is 16.1. The summed E-state index contributed by atoms with van der Waals surface area (Å²) in [4.78, 5) is 24.4. The number of halogens is 2. The number of nitriles is 1. The van der Waals surface area contributed by atoms with E-state index in [2.05, 4.69) is 15.9 Å². The SMILES string of the molecule is CCOC(=O)c1sc(N)c(C#N)c1COC(=O)c1cc(Br)ccc1Cl. The predicted molar refractivity (Wildman–Crippen MR) is 97.7 cm³/mol. The third-order valence-corrected chi connectivity index (χ3v) is 4.97. The Hall–Kier alpha value is -2.08. The first-order valence-electron chi connectivity index (χ1n) is 6.99. The maximum absolute atomic E-state index is 12.2. The summed E-state index contributed by atoms with van der Waals surface area (Å²) in [6, 6.07) is 6.67. The number of benzene rings is 1. The summed E-state index contributed by atoms with van der Waals surface area (Å²) in [6.07, 6.45) is 0. The average Bonchev–Trinajstić information content (AvgIpc) is 2.90. The van der Waals surface area contributed by atoms with Gasteiger partial charge >= 0.3 is 11.9 Å². The molecule has 6 nitrogen and oxygen atoms in total. The maximum atomic E-state index is 12.2. The number of hydrogen-bond acceptors (Lipinski definition) is 7. The summed E-state index contributed by atoms with van der Waals surface area (Å²) >= 11 is 10.2. The zero-order valence-electron chi connectivity index (χ0n) is 13.0. The number of rotatable bonds is 5. The number of nitrogen functional groups attached to an aromatic ring is 1. The molecule has 1 heterocycles. The lowest BCUT2D eigenvalue weighted by molar-refractivity contribution is 0.0453. The number of carbonyl (C=O) groups excluding carboxylic acids is 2. The molecule has 1 aromatic heterocycles. The van der Waals surface area contributed by atoms with Crippen molar-refractivity contribution in [2.45, 2.75) is 13.5 Å². The first-order valence-corrected chi connectivity index (χ1v) is 8.98. The Kier molecular flexibility index (Phi) is 6.42. The lowest BCUT2D eigenvalue weighted by Crippen LogP contribution is -2.10. The number of nitrogens with two attached hydrogens (primary N) is 1. The molecule has 2 rings (SSSR count). The van der Waals surface area contributed by atoms with Gasteiger partial charge in [0.25, 0.3) is 0 Å². The molecule has 25 heavy (non-hydrogen) atoms. The van der Waals surface area contributed by atoms with Gasteiger partial charge in [0.05, 0.1) is 22.8 Å². The van der Waals surface area contributed by atoms with Gasteiger partial charge < -0.3 is 15.2 Å². The number of hydrogen-bond donors (Lipinski definition) is 1. The van der Waals surface area contributed by atoms with Crippen LogP contribution in [0.3, 0.4) is 0 Å². The van der Waals surface area contributed by atoms with E-state index in [-0.39, 0.29) is 44.8 Å². The van der Waals surface area contributed by atoms with Gasteiger partial charge in [-0.1, -0.05) is 27.5 Å². The summed E-state index contributed by atoms with van der Waals surface area (Å²) in [5.74, 6) is -1.30. The second-order valence-electron chi connectivity index (χ2n) is 4.68. The summed E-state index contributed by atoms with van der Waals surface area (Å²) in [5.41, 5.74) is 6.25. The van der Waals surface area contributed by atoms with Crippen LogP contribution in [0.2, 0.25) is 5.02 Å². The molecule has 2 N–H and O–H groups in total. The zero-order chi connectivity index (χ0) is 18.6. The van der Waals surface area contributed by atoms with Crippen LogP contribution in [0.5, 0.6) is 0 Å². The highest BCUT2D eigenvalue weighted by Gasteiger charge is 2.24. The van der Waals surface area contributed by atoms with E-state index in [1.54, 1.807) is 19.1 Å². The van der Waals surface area contributed by atoms with Crippen LogP contribution in [-0.2, 0) is 16.1 Å². The molecule has 0 fully saturated rings. The van der Waals surface area contributed by atoms with Gasteiger partial charge in [0.2, 0.25) is 0 Å². The van der Waals surface area contributed by atoms with Crippen LogP contribution in [0, 0.1) is 11.3 Å². The quantitative estimate of drug-likeness (QED) is 0.696. The second-order valence-corrected chi connectivity index (χ2v) is 7.06. The summed E-state index contributed by atoms with van der Waals surface area (Å²) in [6.45, 7) is 1.53. The van der Waals surface area contributed by atoms with E-state index in [1.165, 1.54) is 6.07 Å². The van der Waals surface area contributed by atoms with Gasteiger partial charge in [-0.3, -0.25) is 0 Å². The third kappa shape index (κ3) is 4.31. The number of carbonyl (C=O) groups is 2. The van der Waals surface area contributed by atoms with Crippen molar-refractivity contribution in [3.05, 3.63) is 49.3 Å². The highest BCUT2D eigenvalue weighted by molar-refractivity contribution is 9.10. The Bertz CT molecular complexity index is 876. The minimum Gasteiger partial charge on any atom is -0.462 e. The molecule has 9 heteroatoms. The van der Waals surface area contributed by atoms with Gasteiger partial charge in [0.15, 0.2) is 0 Å². The number of nitrogens with zero attached hydrogens (tertiary/aromatic N) is 1. The van der Waals surface area contributed by atoms with E-state index in [0.717, 1.165) is 11.3 Å². The van der Waals surface area contributed by atoms with Gasteiger partial charge in [-0.2, -0.15) is 5.26 Å². The maximum Gasteiger partial charge on any atom is 0.348 e. The molecule has 0 atom stereocenters. The molecule has 0 aliphatic heterocycles. The molecule has 0 bridgehead atoms. The van der Waals surface area contributed by atoms with E-state index in [0.29, 0.717) is 4.47 Å². The van der Waals surface area contributed by atoms with Crippen molar-refractivity contribution in [1.29, 1.82) is 5.26 Å². The minimum absolute atomic E-state index is 0.0983. The molecule has 0 amide bonds. The normalized spacial score (nSPS) is 10.2. The summed E-state index contributed by atoms with van der Waals surface area (Å²) in [7, 11) is 0. The van der Waals surface area contributed by atoms with Crippen LogP contribution in [0.25, 0.3) is 0 Å². The van der Waals surface area contributed by atoms with Gasteiger partial charge in [-0.05, 0) is 25.1 Å². The van der Waals surface area contributed by atoms with E-state index in [4.69, 9.17) is 26.8 Å². The van der Waals surface area contributed by atoms with Gasteiger partial charge in [0, 0.05) is 10.0 Å². The molecule has 0 unspecified atom stereocenters. The lowest BCUT2D eigenvalue weighted by atomic mass is 10.1. The minimum atomic E-state index is -0.685. The fourth-order valence-electron chi connectivity index (χ4n) is 1.98. The standard InChI is InChI=1S/C16H12BrClN2O4S/c1-2-23-16(22)13-11(10(6-19)14(20)25-13)7-24-15(21)9-5-8(17)3-4-12(9)18/h3-5H,2,7,20H2,1H3. The molecule has 0 saturated heterocycles. The number of esters is 2. The Balaban J connectivity index is 2.28. The third-order valence-electron chi connectivity index (χ3n) is 3.10. The van der Waals surface area contributed by atoms with Crippen molar-refractivity contribution in [2.75, 3.05) is 12.3 Å². The average molecular weight is 444 g/mol. The topological polar surface area (TPSA) is 102 Å². The Morgan fingerprint density at radius 1 is 1.36 bits per heavy atom. The van der Waals surface area contributed by atoms with Gasteiger partial charge in [0.1, 0.15) is 22.6 Å². The van der Waals surface area contributed by atoms with Crippen LogP contribution < -0.4 is 5.73 Å². The molecule has 0 radical (unpaired) electrons. The van der Waals surface area contributed by atoms with Crippen LogP contribution >= 0.6 is 38.9 Å². The largest absolute Gasteiger partial charge is 0.462 e. The van der Waals surface area contributed by atoms with Crippen LogP contribution in [0.4, 0.5) is 5.00 Å². The Morgan fingerprint density at radius 2 is 2.08 bits per heavy atom. The Morgan fingerprint density at radius 3 is 2.72 bits per heavy atom. The van der Waals surface area contributed by atoms with E-state index in [9.17, 15) is 14.9 Å². The first kappa shape index (κ1) is 19.2. The van der Waals surface area contributed by atoms with Crippen molar-refractivity contribution < 1.29 is 19.1 Å². The van der Waals surface area contributed by atoms with Gasteiger partial charge in [-0.15, -0.1) is 11.3 Å². The van der Waals surface area contributed by atoms with Crippen LogP contribution in [0.1, 0.15) is 38.1 Å². The molecule has 0 aliphatic carbocycles. The predicted octanol–water partition coefficient (Wildman–Crippen LogP) is 4.15. The fraction of sp³-hybridized carbons (Fsp3) is 0.188. The van der Waals surface area contributed by atoms with Gasteiger partial charge in [-0.25, -0.2) is 9.59 Å². The highest BCUT2D eigenvalue weighted by Crippen LogP contribution is 2.32. The first-order chi connectivity index (χ1) is 11.9. The second kappa shape index (κ2) is 8.34. The molecular formula is C16H12BrClN2O4S. The Labute approximate surface area is 161 Å². The molecule has 0 saturated carbocycles. The number of thiophene rings is 1. The van der Waals surface area contributed by atoms with E-state index < -0.39 is 11.9 Å². The summed E-state index contributed by atoms with van der Waals surface area (Å²) in [5, 5.41) is 9.63. The molecule has 2 aromatic rings. The van der Waals surface area contributed by atoms with E-state index >= 15 is 0 Å². The van der Waals surface area contributed by atoms with Crippen LogP contribution in [0.15, 0.2) is 22.7 Å². The van der Waals surface area contributed by atoms with Crippen molar-refractivity contribution >= 4 is 55.8 Å². The lowest BCUT2D eigenvalue weighted by Gasteiger charge is -2.08. The van der Waals surface area contributed by atoms with Crippen molar-refractivity contribution in [3.8, 4) is 6.07 Å². The monoisotopic (exact) mass is 442 g/mol. The van der Waals surface area contributed by atoms with Crippen molar-refractivity contribution in [1.82, 2.24) is 0 Å².